The summed E-state index contributed by atoms with van der Waals surface area (Å²) >= 11 is 0. The summed E-state index contributed by atoms with van der Waals surface area (Å²) in [6.45, 7) is 3.28. The van der Waals surface area contributed by atoms with Crippen molar-refractivity contribution in [1.82, 2.24) is 0 Å². The summed E-state index contributed by atoms with van der Waals surface area (Å²) < 4.78 is 64.7. The molecule has 2 heterocycles. The molecular weight excluding hydrogens is 1290 g/mol. The van der Waals surface area contributed by atoms with Crippen LogP contribution in [0.15, 0.2) is 48.6 Å². The highest BCUT2D eigenvalue weighted by Crippen LogP contribution is 2.49. The molecule has 2 saturated heterocycles. The summed E-state index contributed by atoms with van der Waals surface area (Å²) in [5, 5.41) is 110. The molecule has 0 spiro atoms. The van der Waals surface area contributed by atoms with Gasteiger partial charge in [-0.15, -0.1) is 0 Å². The Morgan fingerprint density at radius 3 is 1.26 bits per heavy atom. The number of carbonyl (C=O) groups is 3. The first-order chi connectivity index (χ1) is 47.3. The Morgan fingerprint density at radius 1 is 0.418 bits per heavy atom. The first-order valence-corrected chi connectivity index (χ1v) is 39.0. The zero-order valence-electron chi connectivity index (χ0n) is 59.3. The molecule has 3 aliphatic rings. The Morgan fingerprint density at radius 2 is 0.796 bits per heavy atom. The van der Waals surface area contributed by atoms with Gasteiger partial charge in [0.15, 0.2) is 18.7 Å². The topological polar surface area (TPSA) is 374 Å². The van der Waals surface area contributed by atoms with Crippen molar-refractivity contribution >= 4 is 25.7 Å². The number of aliphatic hydroxyl groups excluding tert-OH is 10. The Kier molecular flexibility index (Phi) is 49.6. The molecule has 1 saturated carbocycles. The molecule has 98 heavy (non-hydrogen) atoms. The summed E-state index contributed by atoms with van der Waals surface area (Å²) in [6, 6.07) is 0. The fourth-order valence-corrected chi connectivity index (χ4v) is 13.0. The van der Waals surface area contributed by atoms with E-state index in [1.165, 1.54) is 115 Å². The number of phosphoric acid groups is 1. The number of phosphoric ester groups is 1. The summed E-state index contributed by atoms with van der Waals surface area (Å²) in [6.07, 6.45) is 18.2. The average molecular weight is 1420 g/mol. The first kappa shape index (κ1) is 89.1. The third-order valence-corrected chi connectivity index (χ3v) is 19.1. The highest BCUT2D eigenvalue weighted by atomic mass is 31.2. The fourth-order valence-electron chi connectivity index (χ4n) is 12.0. The predicted molar refractivity (Wildman–Crippen MR) is 370 cm³/mol. The molecule has 3 fully saturated rings. The number of rotatable bonds is 57. The molecule has 1 aliphatic carbocycles. The second kappa shape index (κ2) is 54.6. The molecule has 25 heteroatoms. The van der Waals surface area contributed by atoms with Crippen LogP contribution >= 0.6 is 7.82 Å². The van der Waals surface area contributed by atoms with Crippen LogP contribution in [-0.2, 0) is 61.2 Å². The maximum absolute atomic E-state index is 14.3. The van der Waals surface area contributed by atoms with Gasteiger partial charge in [-0.25, -0.2) is 9.36 Å². The van der Waals surface area contributed by atoms with Crippen LogP contribution in [-0.4, -0.2) is 204 Å². The lowest BCUT2D eigenvalue weighted by Crippen LogP contribution is -2.69. The largest absolute Gasteiger partial charge is 0.472 e. The molecule has 570 valence electrons. The second-order valence-corrected chi connectivity index (χ2v) is 28.1. The minimum Gasteiger partial charge on any atom is -0.463 e. The van der Waals surface area contributed by atoms with Crippen LogP contribution in [0.1, 0.15) is 265 Å². The lowest BCUT2D eigenvalue weighted by molar-refractivity contribution is -0.360. The lowest BCUT2D eigenvalue weighted by atomic mass is 9.84. The van der Waals surface area contributed by atoms with Gasteiger partial charge in [0.05, 0.1) is 13.2 Å². The van der Waals surface area contributed by atoms with Crippen LogP contribution in [0.5, 0.6) is 0 Å². The number of hydrogen-bond acceptors (Lipinski definition) is 23. The van der Waals surface area contributed by atoms with Crippen molar-refractivity contribution in [3.8, 4) is 0 Å². The Balaban J connectivity index is 1.76. The molecule has 11 N–H and O–H groups in total. The van der Waals surface area contributed by atoms with Crippen molar-refractivity contribution in [1.29, 1.82) is 0 Å². The highest BCUT2D eigenvalue weighted by molar-refractivity contribution is 7.47. The van der Waals surface area contributed by atoms with Gasteiger partial charge in [-0.2, -0.15) is 0 Å². The monoisotopic (exact) mass is 1420 g/mol. The van der Waals surface area contributed by atoms with E-state index >= 15 is 0 Å². The zero-order valence-corrected chi connectivity index (χ0v) is 60.2. The van der Waals surface area contributed by atoms with Crippen molar-refractivity contribution in [3.63, 3.8) is 0 Å². The normalized spacial score (nSPS) is 27.9. The van der Waals surface area contributed by atoms with Gasteiger partial charge in [0.25, 0.3) is 0 Å². The number of allylic oxidation sites excluding steroid dienone is 7. The van der Waals surface area contributed by atoms with E-state index in [1.807, 2.05) is 6.08 Å². The van der Waals surface area contributed by atoms with Gasteiger partial charge >= 0.3 is 25.7 Å². The van der Waals surface area contributed by atoms with Gasteiger partial charge in [-0.05, 0) is 77.0 Å². The molecular formula is C73H129O24P. The third kappa shape index (κ3) is 37.4. The molecule has 2 aliphatic heterocycles. The van der Waals surface area contributed by atoms with E-state index in [0.717, 1.165) is 109 Å². The van der Waals surface area contributed by atoms with E-state index in [-0.39, 0.29) is 12.8 Å². The fraction of sp³-hybridized carbons (Fsp3) is 0.849. The van der Waals surface area contributed by atoms with Crippen molar-refractivity contribution in [2.75, 3.05) is 26.4 Å². The van der Waals surface area contributed by atoms with Crippen molar-refractivity contribution < 1.29 is 117 Å². The number of unbranched alkanes of at least 4 members (excludes halogenated alkanes) is 31. The van der Waals surface area contributed by atoms with Gasteiger partial charge in [-0.1, -0.05) is 217 Å². The summed E-state index contributed by atoms with van der Waals surface area (Å²) in [5.41, 5.74) is 0. The van der Waals surface area contributed by atoms with Gasteiger partial charge in [0, 0.05) is 18.9 Å². The number of aliphatic hydroxyl groups is 10. The van der Waals surface area contributed by atoms with Gasteiger partial charge < -0.3 is 89.1 Å². The van der Waals surface area contributed by atoms with E-state index in [2.05, 4.69) is 45.1 Å². The lowest BCUT2D eigenvalue weighted by Gasteiger charge is -2.49. The minimum atomic E-state index is -5.72. The Labute approximate surface area is 584 Å². The molecule has 18 unspecified atom stereocenters. The molecule has 0 bridgehead atoms. The zero-order chi connectivity index (χ0) is 71.8. The smallest absolute Gasteiger partial charge is 0.463 e. The predicted octanol–water partition coefficient (Wildman–Crippen LogP) is 10.1. The third-order valence-electron chi connectivity index (χ3n) is 18.2. The first-order valence-electron chi connectivity index (χ1n) is 37.5. The summed E-state index contributed by atoms with van der Waals surface area (Å²) in [7, 11) is -5.72. The van der Waals surface area contributed by atoms with Crippen LogP contribution in [0, 0.1) is 0 Å². The van der Waals surface area contributed by atoms with E-state index in [1.54, 1.807) is 6.08 Å². The molecule has 18 atom stereocenters. The standard InChI is InChI=1S/C73H129O24P/c1-4-7-10-13-16-19-22-25-27-30-33-35-38-41-44-47-57(75)89-51-54(92-59(77)49-46-43-40-37-34-31-28-26-23-20-17-14-11-8-5-2)52-91-98(87,88)97-71-69(95-72-67(85)62(80)60(78)55(50-74)93-72)65(83)64(82)66(84)70(71)96-73-68(86)63(81)61(79)56(94-73)53-90-58(76)48-45-42-39-36-32-29-24-21-18-15-12-9-6-3/h20,23,29,32,38,41,44,47,54-56,60-74,78-86H,4-19,21-22,24-28,30-31,33-37,39-40,42-43,45-46,48-53H2,1-3H3,(H,87,88)/b23-20-,32-29-,41-38+,47-44+. The average Bonchev–Trinajstić information content (AvgIpc) is 0.762. The highest BCUT2D eigenvalue weighted by Gasteiger charge is 2.58. The maximum atomic E-state index is 14.3. The van der Waals surface area contributed by atoms with Gasteiger partial charge in [0.2, 0.25) is 0 Å². The SMILES string of the molecule is CCCCCC/C=C\CCCCCCCCCC(=O)OC(COC(=O)/C=C/C=C/CCCCCCCCCCCCC)COP(=O)(O)OC1C(OC2OC(CO)C(O)C(O)C2O)C(O)C(O)C(O)C1OC1OC(COC(=O)CCCCC/C=C\CCCCCCCC)C(O)C(O)C1O. The van der Waals surface area contributed by atoms with E-state index in [0.29, 0.717) is 19.3 Å². The Hall–Kier alpha value is -3.08. The second-order valence-electron chi connectivity index (χ2n) is 26.7. The molecule has 0 aromatic carbocycles. The van der Waals surface area contributed by atoms with Crippen molar-refractivity contribution in [2.45, 2.75) is 369 Å². The quantitative estimate of drug-likeness (QED) is 0.00513. The van der Waals surface area contributed by atoms with Crippen LogP contribution in [0.3, 0.4) is 0 Å². The van der Waals surface area contributed by atoms with Crippen LogP contribution in [0.4, 0.5) is 0 Å². The molecule has 0 amide bonds. The molecule has 0 radical (unpaired) electrons. The number of carbonyl (C=O) groups excluding carboxylic acids is 3. The van der Waals surface area contributed by atoms with E-state index in [4.69, 9.17) is 42.2 Å². The number of ether oxygens (including phenoxy) is 7. The van der Waals surface area contributed by atoms with E-state index < -0.39 is 156 Å². The van der Waals surface area contributed by atoms with Crippen LogP contribution in [0.25, 0.3) is 0 Å². The van der Waals surface area contributed by atoms with Crippen molar-refractivity contribution in [3.05, 3.63) is 48.6 Å². The number of hydrogen-bond donors (Lipinski definition) is 11. The summed E-state index contributed by atoms with van der Waals surface area (Å²) in [4.78, 5) is 50.8. The van der Waals surface area contributed by atoms with Gasteiger partial charge in [0.1, 0.15) is 98.7 Å². The maximum Gasteiger partial charge on any atom is 0.472 e. The number of esters is 3. The van der Waals surface area contributed by atoms with E-state index in [9.17, 15) is 74.9 Å². The van der Waals surface area contributed by atoms with Gasteiger partial charge in [-0.3, -0.25) is 18.6 Å². The minimum absolute atomic E-state index is 0.00330. The molecule has 0 aromatic rings. The van der Waals surface area contributed by atoms with Crippen LogP contribution < -0.4 is 0 Å². The van der Waals surface area contributed by atoms with Crippen LogP contribution in [0.2, 0.25) is 0 Å². The molecule has 24 nitrogen and oxygen atoms in total. The van der Waals surface area contributed by atoms with Crippen molar-refractivity contribution in [2.24, 2.45) is 0 Å². The molecule has 3 rings (SSSR count). The summed E-state index contributed by atoms with van der Waals surface area (Å²) in [5.74, 6) is -2.27. The molecule has 0 aromatic heterocycles. The Bertz CT molecular complexity index is 2220.